The van der Waals surface area contributed by atoms with Crippen molar-refractivity contribution in [3.05, 3.63) is 35.9 Å². The molecule has 0 aliphatic heterocycles. The predicted molar refractivity (Wildman–Crippen MR) is 87.8 cm³/mol. The van der Waals surface area contributed by atoms with Crippen LogP contribution in [-0.4, -0.2) is 46.5 Å². The van der Waals surface area contributed by atoms with Crippen LogP contribution in [0.5, 0.6) is 0 Å². The number of carboxylic acids is 2. The number of hydrogen-bond donors (Lipinski definition) is 4. The largest absolute Gasteiger partial charge is 0.490 e. The highest BCUT2D eigenvalue weighted by Crippen LogP contribution is 2.14. The molecule has 27 heavy (non-hydrogen) atoms. The summed E-state index contributed by atoms with van der Waals surface area (Å²) in [6.45, 7) is 1.90. The van der Waals surface area contributed by atoms with Crippen molar-refractivity contribution in [2.24, 2.45) is 5.73 Å². The van der Waals surface area contributed by atoms with Gasteiger partial charge in [-0.1, -0.05) is 30.3 Å². The van der Waals surface area contributed by atoms with Gasteiger partial charge in [0.1, 0.15) is 12.1 Å². The summed E-state index contributed by atoms with van der Waals surface area (Å²) in [6, 6.07) is 9.16. The zero-order valence-corrected chi connectivity index (χ0v) is 14.5. The summed E-state index contributed by atoms with van der Waals surface area (Å²) in [5, 5.41) is 18.7. The quantitative estimate of drug-likeness (QED) is 0.555. The molecule has 0 fully saturated rings. The molecular formula is C16H21F3N2O6. The summed E-state index contributed by atoms with van der Waals surface area (Å²) >= 11 is 0. The van der Waals surface area contributed by atoms with Crippen LogP contribution in [0.25, 0.3) is 0 Å². The lowest BCUT2D eigenvalue weighted by Gasteiger charge is -2.25. The summed E-state index contributed by atoms with van der Waals surface area (Å²) < 4.78 is 36.7. The molecule has 0 saturated heterocycles. The maximum Gasteiger partial charge on any atom is 0.490 e. The number of aliphatic carboxylic acids is 2. The van der Waals surface area contributed by atoms with Gasteiger partial charge in [0.05, 0.1) is 0 Å². The lowest BCUT2D eigenvalue weighted by Crippen LogP contribution is -2.52. The Morgan fingerprint density at radius 2 is 1.63 bits per heavy atom. The smallest absolute Gasteiger partial charge is 0.480 e. The van der Waals surface area contributed by atoms with Crippen molar-refractivity contribution in [2.75, 3.05) is 6.54 Å². The Kier molecular flexibility index (Phi) is 9.86. The molecule has 0 radical (unpaired) electrons. The molecule has 1 unspecified atom stereocenters. The minimum atomic E-state index is -5.08. The predicted octanol–water partition coefficient (Wildman–Crippen LogP) is 2.13. The molecule has 0 bridgehead atoms. The van der Waals surface area contributed by atoms with Gasteiger partial charge in [0.15, 0.2) is 0 Å². The number of nitrogens with two attached hydrogens (primary N) is 1. The van der Waals surface area contributed by atoms with Crippen molar-refractivity contribution in [2.45, 2.75) is 38.1 Å². The average molecular weight is 394 g/mol. The number of rotatable bonds is 7. The van der Waals surface area contributed by atoms with Gasteiger partial charge in [-0.25, -0.2) is 14.4 Å². The Bertz CT molecular complexity index is 624. The van der Waals surface area contributed by atoms with Gasteiger partial charge in [0.25, 0.3) is 0 Å². The number of benzene rings is 1. The van der Waals surface area contributed by atoms with Gasteiger partial charge in [-0.05, 0) is 31.9 Å². The normalized spacial score (nSPS) is 12.8. The fourth-order valence-corrected chi connectivity index (χ4v) is 1.66. The standard InChI is InChI=1S/C14H20N2O4.C2HF3O2/c1-14(12(17)18,8-5-9-15)16-13(19)20-10-11-6-3-2-4-7-11;3-2(4,5)1(6)7/h2-4,6-7H,5,8-10,15H2,1H3,(H,16,19)(H,17,18);(H,6,7). The molecule has 1 amide bonds. The van der Waals surface area contributed by atoms with Crippen LogP contribution in [0.15, 0.2) is 30.3 Å². The minimum absolute atomic E-state index is 0.0965. The third kappa shape index (κ3) is 10.0. The van der Waals surface area contributed by atoms with E-state index in [9.17, 15) is 27.9 Å². The third-order valence-corrected chi connectivity index (χ3v) is 3.19. The maximum atomic E-state index is 11.7. The van der Waals surface area contributed by atoms with Gasteiger partial charge in [0, 0.05) is 0 Å². The van der Waals surface area contributed by atoms with Gasteiger partial charge < -0.3 is 26.0 Å². The van der Waals surface area contributed by atoms with Crippen molar-refractivity contribution in [3.8, 4) is 0 Å². The van der Waals surface area contributed by atoms with Crippen molar-refractivity contribution in [1.82, 2.24) is 5.32 Å². The van der Waals surface area contributed by atoms with Crippen LogP contribution < -0.4 is 11.1 Å². The second-order valence-electron chi connectivity index (χ2n) is 5.52. The Hall–Kier alpha value is -2.82. The van der Waals surface area contributed by atoms with E-state index in [1.807, 2.05) is 30.3 Å². The number of halogens is 3. The van der Waals surface area contributed by atoms with Crippen LogP contribution in [0, 0.1) is 0 Å². The van der Waals surface area contributed by atoms with Crippen LogP contribution in [0.2, 0.25) is 0 Å². The number of alkyl halides is 3. The number of carboxylic acid groups (broad SMARTS) is 2. The van der Waals surface area contributed by atoms with Gasteiger partial charge in [-0.2, -0.15) is 13.2 Å². The molecule has 0 aliphatic rings. The topological polar surface area (TPSA) is 139 Å². The van der Waals surface area contributed by atoms with E-state index in [0.29, 0.717) is 13.0 Å². The van der Waals surface area contributed by atoms with Crippen LogP contribution in [0.3, 0.4) is 0 Å². The van der Waals surface area contributed by atoms with Crippen molar-refractivity contribution in [1.29, 1.82) is 0 Å². The molecule has 0 spiro atoms. The van der Waals surface area contributed by atoms with E-state index in [1.54, 1.807) is 0 Å². The molecule has 1 atom stereocenters. The molecule has 152 valence electrons. The first-order chi connectivity index (χ1) is 12.4. The first-order valence-electron chi connectivity index (χ1n) is 7.65. The number of nitrogens with one attached hydrogen (secondary N) is 1. The van der Waals surface area contributed by atoms with E-state index in [2.05, 4.69) is 5.32 Å². The van der Waals surface area contributed by atoms with Gasteiger partial charge in [-0.15, -0.1) is 0 Å². The molecule has 1 aromatic rings. The number of amides is 1. The van der Waals surface area contributed by atoms with Gasteiger partial charge >= 0.3 is 24.2 Å². The molecule has 1 rings (SSSR count). The van der Waals surface area contributed by atoms with Crippen molar-refractivity contribution in [3.63, 3.8) is 0 Å². The number of carbonyl (C=O) groups is 3. The highest BCUT2D eigenvalue weighted by Gasteiger charge is 2.38. The Balaban J connectivity index is 0.000000821. The number of ether oxygens (including phenoxy) is 1. The molecule has 11 heteroatoms. The van der Waals surface area contributed by atoms with Crippen molar-refractivity contribution < 1.29 is 42.5 Å². The fraction of sp³-hybridized carbons (Fsp3) is 0.438. The minimum Gasteiger partial charge on any atom is -0.480 e. The number of alkyl carbamates (subject to hydrolysis) is 1. The Labute approximate surface area is 153 Å². The lowest BCUT2D eigenvalue weighted by atomic mass is 9.96. The highest BCUT2D eigenvalue weighted by atomic mass is 19.4. The molecule has 1 aromatic carbocycles. The Morgan fingerprint density at radius 1 is 1.11 bits per heavy atom. The summed E-state index contributed by atoms with van der Waals surface area (Å²) in [4.78, 5) is 31.8. The second kappa shape index (κ2) is 11.0. The molecule has 0 heterocycles. The maximum absolute atomic E-state index is 11.7. The molecule has 0 saturated carbocycles. The van der Waals surface area contributed by atoms with E-state index in [-0.39, 0.29) is 13.0 Å². The fourth-order valence-electron chi connectivity index (χ4n) is 1.66. The zero-order valence-electron chi connectivity index (χ0n) is 14.5. The summed E-state index contributed by atoms with van der Waals surface area (Å²) in [7, 11) is 0. The summed E-state index contributed by atoms with van der Waals surface area (Å²) in [6.07, 6.45) is -5.09. The van der Waals surface area contributed by atoms with Crippen LogP contribution in [-0.2, 0) is 20.9 Å². The third-order valence-electron chi connectivity index (χ3n) is 3.19. The summed E-state index contributed by atoms with van der Waals surface area (Å²) in [5.74, 6) is -3.87. The van der Waals surface area contributed by atoms with Crippen molar-refractivity contribution >= 4 is 18.0 Å². The molecule has 0 aliphatic carbocycles. The van der Waals surface area contributed by atoms with E-state index in [4.69, 9.17) is 20.4 Å². The zero-order chi connectivity index (χ0) is 21.1. The first kappa shape index (κ1) is 24.2. The molecule has 0 aromatic heterocycles. The molecule has 5 N–H and O–H groups in total. The van der Waals surface area contributed by atoms with E-state index in [1.165, 1.54) is 6.92 Å². The second-order valence-corrected chi connectivity index (χ2v) is 5.52. The number of carbonyl (C=O) groups excluding carboxylic acids is 1. The molecular weight excluding hydrogens is 373 g/mol. The Morgan fingerprint density at radius 3 is 2.04 bits per heavy atom. The lowest BCUT2D eigenvalue weighted by molar-refractivity contribution is -0.192. The van der Waals surface area contributed by atoms with Crippen LogP contribution in [0.4, 0.5) is 18.0 Å². The van der Waals surface area contributed by atoms with E-state index in [0.717, 1.165) is 5.56 Å². The van der Waals surface area contributed by atoms with E-state index < -0.39 is 29.7 Å². The van der Waals surface area contributed by atoms with Crippen LogP contribution in [0.1, 0.15) is 25.3 Å². The van der Waals surface area contributed by atoms with E-state index >= 15 is 0 Å². The SMILES string of the molecule is CC(CCCN)(NC(=O)OCc1ccccc1)C(=O)O.O=C(O)C(F)(F)F. The number of hydrogen-bond acceptors (Lipinski definition) is 5. The average Bonchev–Trinajstić information content (AvgIpc) is 2.58. The van der Waals surface area contributed by atoms with Gasteiger partial charge in [0.2, 0.25) is 0 Å². The molecule has 8 nitrogen and oxygen atoms in total. The van der Waals surface area contributed by atoms with Gasteiger partial charge in [-0.3, -0.25) is 0 Å². The monoisotopic (exact) mass is 394 g/mol. The van der Waals surface area contributed by atoms with Crippen LogP contribution >= 0.6 is 0 Å². The first-order valence-corrected chi connectivity index (χ1v) is 7.65. The highest BCUT2D eigenvalue weighted by molar-refractivity contribution is 5.83. The summed E-state index contributed by atoms with van der Waals surface area (Å²) in [5.41, 5.74) is 4.83.